The molecule has 0 aromatic heterocycles. The minimum absolute atomic E-state index is 0.0460. The summed E-state index contributed by atoms with van der Waals surface area (Å²) in [6, 6.07) is 4.03. The van der Waals surface area contributed by atoms with Crippen molar-refractivity contribution in [1.29, 1.82) is 0 Å². The van der Waals surface area contributed by atoms with Crippen molar-refractivity contribution < 1.29 is 8.78 Å². The Morgan fingerprint density at radius 1 is 1.37 bits per heavy atom. The summed E-state index contributed by atoms with van der Waals surface area (Å²) in [6.07, 6.45) is 0. The van der Waals surface area contributed by atoms with E-state index in [9.17, 15) is 8.78 Å². The van der Waals surface area contributed by atoms with Gasteiger partial charge in [-0.2, -0.15) is 11.8 Å². The minimum atomic E-state index is -0.811. The van der Waals surface area contributed by atoms with Gasteiger partial charge in [-0.05, 0) is 31.5 Å². The largest absolute Gasteiger partial charge is 0.329 e. The van der Waals surface area contributed by atoms with Crippen molar-refractivity contribution in [2.75, 3.05) is 25.4 Å². The molecule has 0 saturated carbocycles. The summed E-state index contributed by atoms with van der Waals surface area (Å²) < 4.78 is 26.5. The number of hydrogen-bond acceptors (Lipinski definition) is 3. The highest BCUT2D eigenvalue weighted by Gasteiger charge is 2.31. The lowest BCUT2D eigenvalue weighted by atomic mass is 10.0. The first kappa shape index (κ1) is 14.8. The molecule has 1 fully saturated rings. The lowest BCUT2D eigenvalue weighted by Crippen LogP contribution is -2.46. The van der Waals surface area contributed by atoms with Crippen LogP contribution in [-0.2, 0) is 0 Å². The van der Waals surface area contributed by atoms with E-state index < -0.39 is 11.6 Å². The van der Waals surface area contributed by atoms with Gasteiger partial charge in [0.1, 0.15) is 0 Å². The van der Waals surface area contributed by atoms with Gasteiger partial charge in [-0.25, -0.2) is 8.78 Å². The van der Waals surface area contributed by atoms with E-state index >= 15 is 0 Å². The van der Waals surface area contributed by atoms with Crippen LogP contribution >= 0.6 is 11.8 Å². The fraction of sp³-hybridized carbons (Fsp3) is 0.571. The molecule has 19 heavy (non-hydrogen) atoms. The zero-order valence-corrected chi connectivity index (χ0v) is 12.1. The molecule has 2 rings (SSSR count). The molecule has 5 heteroatoms. The molecule has 1 saturated heterocycles. The van der Waals surface area contributed by atoms with Crippen LogP contribution in [-0.4, -0.2) is 35.0 Å². The highest BCUT2D eigenvalue weighted by Crippen LogP contribution is 2.33. The van der Waals surface area contributed by atoms with Crippen LogP contribution in [0.15, 0.2) is 18.2 Å². The van der Waals surface area contributed by atoms with Crippen LogP contribution < -0.4 is 5.73 Å². The normalized spacial score (nSPS) is 21.3. The molecular formula is C14H20F2N2S. The third kappa shape index (κ3) is 3.46. The summed E-state index contributed by atoms with van der Waals surface area (Å²) in [5, 5.41) is 0. The van der Waals surface area contributed by atoms with Gasteiger partial charge in [0.2, 0.25) is 0 Å². The first-order valence-electron chi connectivity index (χ1n) is 6.46. The van der Waals surface area contributed by atoms with Gasteiger partial charge in [0.05, 0.1) is 0 Å². The van der Waals surface area contributed by atoms with Crippen molar-refractivity contribution in [2.45, 2.75) is 24.6 Å². The molecule has 1 unspecified atom stereocenters. The quantitative estimate of drug-likeness (QED) is 0.926. The Labute approximate surface area is 117 Å². The number of benzene rings is 1. The molecule has 1 aliphatic heterocycles. The zero-order valence-electron chi connectivity index (χ0n) is 11.3. The van der Waals surface area contributed by atoms with E-state index in [0.29, 0.717) is 6.54 Å². The third-order valence-corrected chi connectivity index (χ3v) is 4.74. The monoisotopic (exact) mass is 286 g/mol. The number of nitrogens with two attached hydrogens (primary N) is 1. The minimum Gasteiger partial charge on any atom is -0.329 e. The van der Waals surface area contributed by atoms with Crippen molar-refractivity contribution in [1.82, 2.24) is 4.90 Å². The molecule has 1 atom stereocenters. The van der Waals surface area contributed by atoms with Crippen molar-refractivity contribution in [3.05, 3.63) is 35.4 Å². The van der Waals surface area contributed by atoms with E-state index in [1.54, 1.807) is 6.07 Å². The maximum absolute atomic E-state index is 13.4. The van der Waals surface area contributed by atoms with Crippen LogP contribution in [0.4, 0.5) is 8.78 Å². The van der Waals surface area contributed by atoms with Crippen LogP contribution in [0.1, 0.15) is 25.5 Å². The number of nitrogens with zero attached hydrogens (tertiary/aromatic N) is 1. The maximum Gasteiger partial charge on any atom is 0.159 e. The molecule has 2 nitrogen and oxygen atoms in total. The summed E-state index contributed by atoms with van der Waals surface area (Å²) >= 11 is 1.94. The second-order valence-electron chi connectivity index (χ2n) is 5.50. The van der Waals surface area contributed by atoms with Crippen LogP contribution in [0.2, 0.25) is 0 Å². The lowest BCUT2D eigenvalue weighted by molar-refractivity contribution is 0.192. The van der Waals surface area contributed by atoms with E-state index in [2.05, 4.69) is 18.7 Å². The molecule has 1 aromatic rings. The molecule has 1 heterocycles. The molecule has 1 aliphatic rings. The molecule has 0 bridgehead atoms. The second kappa shape index (κ2) is 5.77. The number of thioether (sulfide) groups is 1. The molecule has 1 aromatic carbocycles. The topological polar surface area (TPSA) is 29.3 Å². The SMILES string of the molecule is CC1(C)CN(C(CN)c2ccc(F)c(F)c2)CCS1. The van der Waals surface area contributed by atoms with Gasteiger partial charge in [0.25, 0.3) is 0 Å². The Hall–Kier alpha value is -0.650. The van der Waals surface area contributed by atoms with Crippen molar-refractivity contribution in [3.63, 3.8) is 0 Å². The summed E-state index contributed by atoms with van der Waals surface area (Å²) in [4.78, 5) is 2.27. The highest BCUT2D eigenvalue weighted by atomic mass is 32.2. The van der Waals surface area contributed by atoms with Crippen molar-refractivity contribution in [2.24, 2.45) is 5.73 Å². The lowest BCUT2D eigenvalue weighted by Gasteiger charge is -2.41. The average Bonchev–Trinajstić information content (AvgIpc) is 2.33. The maximum atomic E-state index is 13.4. The van der Waals surface area contributed by atoms with E-state index in [4.69, 9.17) is 5.73 Å². The third-order valence-electron chi connectivity index (χ3n) is 3.45. The summed E-state index contributed by atoms with van der Waals surface area (Å²) in [5.41, 5.74) is 6.60. The zero-order chi connectivity index (χ0) is 14.0. The fourth-order valence-electron chi connectivity index (χ4n) is 2.53. The van der Waals surface area contributed by atoms with E-state index in [0.717, 1.165) is 24.4 Å². The molecule has 0 spiro atoms. The second-order valence-corrected chi connectivity index (χ2v) is 7.31. The summed E-state index contributed by atoms with van der Waals surface area (Å²) in [6.45, 7) is 6.63. The van der Waals surface area contributed by atoms with E-state index in [1.165, 1.54) is 12.1 Å². The highest BCUT2D eigenvalue weighted by molar-refractivity contribution is 8.00. The smallest absolute Gasteiger partial charge is 0.159 e. The fourth-order valence-corrected chi connectivity index (χ4v) is 3.67. The first-order valence-corrected chi connectivity index (χ1v) is 7.44. The van der Waals surface area contributed by atoms with Crippen molar-refractivity contribution >= 4 is 11.8 Å². The van der Waals surface area contributed by atoms with Gasteiger partial charge in [-0.15, -0.1) is 0 Å². The van der Waals surface area contributed by atoms with Crippen LogP contribution in [0.5, 0.6) is 0 Å². The van der Waals surface area contributed by atoms with Gasteiger partial charge < -0.3 is 5.73 Å². The summed E-state index contributed by atoms with van der Waals surface area (Å²) in [7, 11) is 0. The van der Waals surface area contributed by atoms with Crippen molar-refractivity contribution in [3.8, 4) is 0 Å². The van der Waals surface area contributed by atoms with Crippen LogP contribution in [0.3, 0.4) is 0 Å². The molecule has 0 radical (unpaired) electrons. The van der Waals surface area contributed by atoms with Crippen LogP contribution in [0.25, 0.3) is 0 Å². The Kier molecular flexibility index (Phi) is 4.48. The van der Waals surface area contributed by atoms with Gasteiger partial charge >= 0.3 is 0 Å². The Morgan fingerprint density at radius 2 is 2.11 bits per heavy atom. The molecular weight excluding hydrogens is 266 g/mol. The predicted octanol–water partition coefficient (Wildman–Crippen LogP) is 2.79. The van der Waals surface area contributed by atoms with Gasteiger partial charge in [-0.1, -0.05) is 6.07 Å². The molecule has 0 aliphatic carbocycles. The number of hydrogen-bond donors (Lipinski definition) is 1. The Bertz CT molecular complexity index is 451. The van der Waals surface area contributed by atoms with Gasteiger partial charge in [-0.3, -0.25) is 4.90 Å². The van der Waals surface area contributed by atoms with Gasteiger partial charge in [0.15, 0.2) is 11.6 Å². The average molecular weight is 286 g/mol. The first-order chi connectivity index (χ1) is 8.93. The Balaban J connectivity index is 2.21. The summed E-state index contributed by atoms with van der Waals surface area (Å²) in [5.74, 6) is -0.580. The molecule has 106 valence electrons. The number of rotatable bonds is 3. The van der Waals surface area contributed by atoms with E-state index in [1.807, 2.05) is 11.8 Å². The standard InChI is InChI=1S/C14H20F2N2S/c1-14(2)9-18(5-6-19-14)13(8-17)10-3-4-11(15)12(16)7-10/h3-4,7,13H,5-6,8-9,17H2,1-2H3. The van der Waals surface area contributed by atoms with Gasteiger partial charge in [0, 0.05) is 36.2 Å². The van der Waals surface area contributed by atoms with Crippen LogP contribution in [0, 0.1) is 11.6 Å². The number of halogens is 2. The predicted molar refractivity (Wildman–Crippen MR) is 76.3 cm³/mol. The molecule has 2 N–H and O–H groups in total. The molecule has 0 amide bonds. The van der Waals surface area contributed by atoms with E-state index in [-0.39, 0.29) is 10.8 Å². The Morgan fingerprint density at radius 3 is 2.68 bits per heavy atom.